The Morgan fingerprint density at radius 2 is 2.03 bits per heavy atom. The second kappa shape index (κ2) is 8.97. The van der Waals surface area contributed by atoms with E-state index in [1.165, 1.54) is 32.6 Å². The smallest absolute Gasteiger partial charge is 0.323 e. The number of morpholine rings is 1. The van der Waals surface area contributed by atoms with Gasteiger partial charge in [-0.3, -0.25) is 10.1 Å². The lowest BCUT2D eigenvalue weighted by Gasteiger charge is -2.26. The number of nitro benzene ring substituents is 1. The number of aromatic nitrogens is 3. The van der Waals surface area contributed by atoms with Crippen LogP contribution in [0.25, 0.3) is 0 Å². The first-order chi connectivity index (χ1) is 14.0. The van der Waals surface area contributed by atoms with E-state index in [2.05, 4.69) is 25.5 Å². The summed E-state index contributed by atoms with van der Waals surface area (Å²) in [6.45, 7) is 2.35. The lowest BCUT2D eigenvalue weighted by atomic mass is 10.1. The number of ether oxygens (including phenoxy) is 3. The third-order valence-electron chi connectivity index (χ3n) is 3.98. The summed E-state index contributed by atoms with van der Waals surface area (Å²) in [4.78, 5) is 25.2. The molecule has 1 aliphatic heterocycles. The number of phenolic OH excluding ortho intramolecular Hbond substituents is 1. The highest BCUT2D eigenvalue weighted by molar-refractivity contribution is 5.88. The van der Waals surface area contributed by atoms with Gasteiger partial charge in [0.05, 0.1) is 44.1 Å². The zero-order valence-electron chi connectivity index (χ0n) is 15.7. The molecule has 1 aromatic carbocycles. The summed E-state index contributed by atoms with van der Waals surface area (Å²) in [5.41, 5.74) is 2.31. The molecule has 13 nitrogen and oxygen atoms in total. The highest BCUT2D eigenvalue weighted by Crippen LogP contribution is 2.37. The molecule has 1 aliphatic rings. The van der Waals surface area contributed by atoms with Crippen LogP contribution < -0.4 is 19.8 Å². The van der Waals surface area contributed by atoms with E-state index in [1.807, 2.05) is 4.90 Å². The van der Waals surface area contributed by atoms with Crippen LogP contribution in [0.5, 0.6) is 17.5 Å². The second-order valence-corrected chi connectivity index (χ2v) is 5.73. The number of aromatic hydroxyl groups is 1. The summed E-state index contributed by atoms with van der Waals surface area (Å²) < 4.78 is 15.3. The lowest BCUT2D eigenvalue weighted by Crippen LogP contribution is -2.37. The minimum atomic E-state index is -0.664. The maximum atomic E-state index is 11.4. The monoisotopic (exact) mass is 405 g/mol. The molecule has 1 aromatic heterocycles. The molecule has 0 aliphatic carbocycles. The van der Waals surface area contributed by atoms with Gasteiger partial charge in [-0.15, -0.1) is 0 Å². The number of hydrogen-bond donors (Lipinski definition) is 2. The zero-order chi connectivity index (χ0) is 20.8. The minimum Gasteiger partial charge on any atom is -0.504 e. The van der Waals surface area contributed by atoms with Gasteiger partial charge >= 0.3 is 11.7 Å². The van der Waals surface area contributed by atoms with Crippen molar-refractivity contribution in [2.75, 3.05) is 50.8 Å². The Morgan fingerprint density at radius 3 is 2.69 bits per heavy atom. The molecule has 0 spiro atoms. The number of hydrogen-bond acceptors (Lipinski definition) is 12. The zero-order valence-corrected chi connectivity index (χ0v) is 15.7. The van der Waals surface area contributed by atoms with Gasteiger partial charge < -0.3 is 24.2 Å². The first kappa shape index (κ1) is 20.0. The van der Waals surface area contributed by atoms with E-state index in [4.69, 9.17) is 14.2 Å². The van der Waals surface area contributed by atoms with Crippen molar-refractivity contribution in [1.82, 2.24) is 15.0 Å². The Hall–Kier alpha value is -3.74. The minimum absolute atomic E-state index is 0.0940. The quantitative estimate of drug-likeness (QED) is 0.381. The SMILES string of the molecule is COc1nc(N/N=C\c2ccc(O)c(OC)c2[N+](=O)[O-])nc(N2CCOCC2)n1. The third kappa shape index (κ3) is 4.57. The molecule has 29 heavy (non-hydrogen) atoms. The highest BCUT2D eigenvalue weighted by atomic mass is 16.6. The van der Waals surface area contributed by atoms with E-state index >= 15 is 0 Å². The molecule has 0 amide bonds. The van der Waals surface area contributed by atoms with E-state index in [0.717, 1.165) is 0 Å². The molecule has 0 atom stereocenters. The standard InChI is InChI=1S/C16H19N7O6/c1-27-13-11(24)4-3-10(12(13)23(25)26)9-17-21-14-18-15(20-16(19-14)28-2)22-5-7-29-8-6-22/h3-4,9,24H,5-8H2,1-2H3,(H,18,19,20,21)/b17-9-. The largest absolute Gasteiger partial charge is 0.504 e. The van der Waals surface area contributed by atoms with E-state index in [-0.39, 0.29) is 29.0 Å². The first-order valence-electron chi connectivity index (χ1n) is 8.49. The predicted molar refractivity (Wildman–Crippen MR) is 102 cm³/mol. The first-order valence-corrected chi connectivity index (χ1v) is 8.49. The van der Waals surface area contributed by atoms with Crippen LogP contribution in [0.3, 0.4) is 0 Å². The van der Waals surface area contributed by atoms with Crippen molar-refractivity contribution in [1.29, 1.82) is 0 Å². The van der Waals surface area contributed by atoms with E-state index < -0.39 is 10.6 Å². The van der Waals surface area contributed by atoms with Crippen LogP contribution in [-0.2, 0) is 4.74 Å². The van der Waals surface area contributed by atoms with Gasteiger partial charge in [-0.2, -0.15) is 20.1 Å². The van der Waals surface area contributed by atoms with Crippen molar-refractivity contribution >= 4 is 23.8 Å². The molecule has 0 radical (unpaired) electrons. The third-order valence-corrected chi connectivity index (χ3v) is 3.98. The summed E-state index contributed by atoms with van der Waals surface area (Å²) in [6.07, 6.45) is 1.20. The van der Waals surface area contributed by atoms with E-state index in [1.54, 1.807) is 0 Å². The molecule has 2 aromatic rings. The second-order valence-electron chi connectivity index (χ2n) is 5.73. The molecule has 0 bridgehead atoms. The average molecular weight is 405 g/mol. The van der Waals surface area contributed by atoms with Gasteiger partial charge in [-0.25, -0.2) is 5.43 Å². The number of nitrogens with zero attached hydrogens (tertiary/aromatic N) is 6. The van der Waals surface area contributed by atoms with Crippen molar-refractivity contribution in [3.8, 4) is 17.5 Å². The van der Waals surface area contributed by atoms with Crippen molar-refractivity contribution in [2.45, 2.75) is 0 Å². The number of benzene rings is 1. The van der Waals surface area contributed by atoms with Gasteiger partial charge in [0.2, 0.25) is 11.7 Å². The van der Waals surface area contributed by atoms with Crippen molar-refractivity contribution in [2.24, 2.45) is 5.10 Å². The molecule has 0 saturated carbocycles. The molecule has 1 fully saturated rings. The number of anilines is 2. The number of rotatable bonds is 7. The van der Waals surface area contributed by atoms with Gasteiger partial charge in [0.15, 0.2) is 5.75 Å². The average Bonchev–Trinajstić information content (AvgIpc) is 2.74. The van der Waals surface area contributed by atoms with E-state index in [0.29, 0.717) is 32.3 Å². The van der Waals surface area contributed by atoms with Gasteiger partial charge in [-0.05, 0) is 12.1 Å². The van der Waals surface area contributed by atoms with Crippen LogP contribution in [0.1, 0.15) is 5.56 Å². The molecule has 154 valence electrons. The fourth-order valence-corrected chi connectivity index (χ4v) is 2.62. The molecule has 2 heterocycles. The molecule has 2 N–H and O–H groups in total. The van der Waals surface area contributed by atoms with Gasteiger partial charge in [0.25, 0.3) is 5.95 Å². The molecule has 1 saturated heterocycles. The topological polar surface area (TPSA) is 157 Å². The van der Waals surface area contributed by atoms with Crippen LogP contribution in [0, 0.1) is 10.1 Å². The van der Waals surface area contributed by atoms with Crippen molar-refractivity contribution in [3.63, 3.8) is 0 Å². The van der Waals surface area contributed by atoms with Crippen LogP contribution in [-0.4, -0.2) is 71.7 Å². The predicted octanol–water partition coefficient (Wildman–Crippen LogP) is 0.785. The highest BCUT2D eigenvalue weighted by Gasteiger charge is 2.23. The Balaban J connectivity index is 1.84. The summed E-state index contributed by atoms with van der Waals surface area (Å²) in [5, 5.41) is 25.0. The maximum Gasteiger partial charge on any atom is 0.323 e. The van der Waals surface area contributed by atoms with Gasteiger partial charge in [0.1, 0.15) is 0 Å². The summed E-state index contributed by atoms with van der Waals surface area (Å²) in [5.74, 6) is -0.102. The Morgan fingerprint density at radius 1 is 1.28 bits per heavy atom. The fourth-order valence-electron chi connectivity index (χ4n) is 2.62. The lowest BCUT2D eigenvalue weighted by molar-refractivity contribution is -0.385. The number of nitro groups is 1. The number of methoxy groups -OCH3 is 2. The van der Waals surface area contributed by atoms with Crippen molar-refractivity contribution in [3.05, 3.63) is 27.8 Å². The summed E-state index contributed by atoms with van der Waals surface area (Å²) >= 11 is 0. The summed E-state index contributed by atoms with van der Waals surface area (Å²) in [6, 6.07) is 2.71. The Kier molecular flexibility index (Phi) is 6.19. The normalized spacial score (nSPS) is 14.1. The number of phenols is 1. The Bertz CT molecular complexity index is 917. The number of nitrogens with one attached hydrogen (secondary N) is 1. The molecular formula is C16H19N7O6. The van der Waals surface area contributed by atoms with Crippen LogP contribution >= 0.6 is 0 Å². The molecule has 3 rings (SSSR count). The molecule has 0 unspecified atom stereocenters. The van der Waals surface area contributed by atoms with Crippen LogP contribution in [0.2, 0.25) is 0 Å². The van der Waals surface area contributed by atoms with Gasteiger partial charge in [0, 0.05) is 13.1 Å². The fraction of sp³-hybridized carbons (Fsp3) is 0.375. The van der Waals surface area contributed by atoms with Crippen molar-refractivity contribution < 1.29 is 24.2 Å². The Labute approximate surface area is 165 Å². The summed E-state index contributed by atoms with van der Waals surface area (Å²) in [7, 11) is 2.66. The van der Waals surface area contributed by atoms with Crippen LogP contribution in [0.4, 0.5) is 17.6 Å². The maximum absolute atomic E-state index is 11.4. The molecular weight excluding hydrogens is 386 g/mol. The van der Waals surface area contributed by atoms with Gasteiger partial charge in [-0.1, -0.05) is 0 Å². The van der Waals surface area contributed by atoms with E-state index in [9.17, 15) is 15.2 Å². The van der Waals surface area contributed by atoms with Crippen LogP contribution in [0.15, 0.2) is 17.2 Å². The molecule has 13 heteroatoms. The number of hydrazone groups is 1.